The predicted molar refractivity (Wildman–Crippen MR) is 110 cm³/mol. The van der Waals surface area contributed by atoms with Crippen LogP contribution in [0.4, 0.5) is 10.6 Å². The Kier molecular flexibility index (Phi) is 5.71. The lowest BCUT2D eigenvalue weighted by Gasteiger charge is -2.38. The number of anilines is 1. The van der Waals surface area contributed by atoms with Crippen LogP contribution in [0.25, 0.3) is 16.0 Å². The Balaban J connectivity index is 1.89. The van der Waals surface area contributed by atoms with Crippen molar-refractivity contribution < 1.29 is 9.53 Å². The number of imidazole rings is 1. The fraction of sp³-hybridized carbons (Fsp3) is 0.556. The van der Waals surface area contributed by atoms with Gasteiger partial charge >= 0.3 is 6.09 Å². The first-order valence-corrected chi connectivity index (χ1v) is 9.92. The molecule has 150 valence electrons. The highest BCUT2D eigenvalue weighted by atomic mass is 79.9. The number of carbonyl (C=O) groups is 1. The molecule has 1 amide bonds. The Morgan fingerprint density at radius 1 is 1.36 bits per heavy atom. The maximum absolute atomic E-state index is 12.3. The summed E-state index contributed by atoms with van der Waals surface area (Å²) < 4.78 is 8.35. The third kappa shape index (κ3) is 4.18. The van der Waals surface area contributed by atoms with Crippen molar-refractivity contribution in [2.45, 2.75) is 39.3 Å². The number of pyridine rings is 1. The van der Waals surface area contributed by atoms with Gasteiger partial charge in [-0.3, -0.25) is 4.40 Å². The zero-order valence-electron chi connectivity index (χ0n) is 16.5. The Hall–Kier alpha value is -2.45. The second kappa shape index (κ2) is 7.89. The van der Waals surface area contributed by atoms with E-state index in [-0.39, 0.29) is 12.1 Å². The number of nitrogens with zero attached hydrogens (tertiary/aromatic N) is 7. The summed E-state index contributed by atoms with van der Waals surface area (Å²) in [4.78, 5) is 23.5. The van der Waals surface area contributed by atoms with E-state index in [1.807, 2.05) is 38.2 Å². The van der Waals surface area contributed by atoms with Crippen LogP contribution in [0.5, 0.6) is 0 Å². The molecule has 2 aromatic rings. The Bertz CT molecular complexity index is 922. The van der Waals surface area contributed by atoms with E-state index >= 15 is 0 Å². The highest BCUT2D eigenvalue weighted by molar-refractivity contribution is 9.10. The second-order valence-corrected chi connectivity index (χ2v) is 8.61. The molecular weight excluding hydrogens is 426 g/mol. The number of piperazine rings is 1. The zero-order chi connectivity index (χ0) is 20.5. The maximum atomic E-state index is 12.3. The van der Waals surface area contributed by atoms with Gasteiger partial charge in [-0.2, -0.15) is 0 Å². The van der Waals surface area contributed by atoms with Crippen molar-refractivity contribution in [3.05, 3.63) is 39.1 Å². The minimum Gasteiger partial charge on any atom is -0.444 e. The van der Waals surface area contributed by atoms with Crippen molar-refractivity contribution in [2.75, 3.05) is 31.1 Å². The molecule has 1 saturated heterocycles. The van der Waals surface area contributed by atoms with Crippen molar-refractivity contribution in [1.29, 1.82) is 0 Å². The van der Waals surface area contributed by atoms with Crippen LogP contribution in [0.3, 0.4) is 0 Å². The van der Waals surface area contributed by atoms with E-state index in [0.29, 0.717) is 26.2 Å². The summed E-state index contributed by atoms with van der Waals surface area (Å²) in [5, 5.41) is 3.88. The lowest BCUT2D eigenvalue weighted by Crippen LogP contribution is -2.50. The molecule has 1 atom stereocenters. The molecule has 9 nitrogen and oxygen atoms in total. The van der Waals surface area contributed by atoms with E-state index in [4.69, 9.17) is 10.3 Å². The van der Waals surface area contributed by atoms with Gasteiger partial charge in [0.2, 0.25) is 0 Å². The van der Waals surface area contributed by atoms with Gasteiger partial charge in [0.1, 0.15) is 17.7 Å². The van der Waals surface area contributed by atoms with Crippen LogP contribution in [-0.4, -0.2) is 52.2 Å². The first-order valence-electron chi connectivity index (χ1n) is 9.13. The summed E-state index contributed by atoms with van der Waals surface area (Å²) in [5.74, 6) is 0.930. The minimum absolute atomic E-state index is 0.293. The number of fused-ring (bicyclic) bond motifs is 1. The summed E-state index contributed by atoms with van der Waals surface area (Å²) in [6.07, 6.45) is 3.24. The molecule has 2 aromatic heterocycles. The molecule has 0 spiro atoms. The highest BCUT2D eigenvalue weighted by Gasteiger charge is 2.28. The van der Waals surface area contributed by atoms with Crippen molar-refractivity contribution in [1.82, 2.24) is 14.3 Å². The Morgan fingerprint density at radius 2 is 2.04 bits per heavy atom. The minimum atomic E-state index is -0.513. The van der Waals surface area contributed by atoms with E-state index in [1.54, 1.807) is 17.4 Å². The van der Waals surface area contributed by atoms with Gasteiger partial charge in [-0.05, 0) is 48.3 Å². The number of carbonyl (C=O) groups excluding carboxylic acids is 1. The number of rotatable bonds is 3. The number of hydrogen-bond donors (Lipinski definition) is 0. The fourth-order valence-electron chi connectivity index (χ4n) is 3.26. The lowest BCUT2D eigenvalue weighted by molar-refractivity contribution is 0.0240. The van der Waals surface area contributed by atoms with Crippen LogP contribution in [-0.2, 0) is 4.74 Å². The summed E-state index contributed by atoms with van der Waals surface area (Å²) in [6, 6.07) is 1.64. The topological polar surface area (TPSA) is 98.8 Å². The number of amides is 1. The molecule has 10 heteroatoms. The molecule has 1 aliphatic rings. The third-order valence-electron chi connectivity index (χ3n) is 4.56. The molecule has 0 saturated carbocycles. The SMILES string of the molecule is CC(N=[N+]=[N-])c1cc(Br)c2cncn2c1N1CCN(C(=O)OC(C)(C)C)CC1. The van der Waals surface area contributed by atoms with Crippen LogP contribution in [0.2, 0.25) is 0 Å². The van der Waals surface area contributed by atoms with Gasteiger partial charge in [0.15, 0.2) is 0 Å². The molecule has 3 heterocycles. The molecule has 0 radical (unpaired) electrons. The van der Waals surface area contributed by atoms with Crippen LogP contribution in [0, 0.1) is 0 Å². The fourth-order valence-corrected chi connectivity index (χ4v) is 3.80. The number of aromatic nitrogens is 2. The van der Waals surface area contributed by atoms with Gasteiger partial charge < -0.3 is 14.5 Å². The molecule has 0 aliphatic carbocycles. The molecule has 28 heavy (non-hydrogen) atoms. The van der Waals surface area contributed by atoms with Gasteiger partial charge in [0.25, 0.3) is 0 Å². The predicted octanol–water partition coefficient (Wildman–Crippen LogP) is 4.53. The Labute approximate surface area is 172 Å². The molecule has 3 rings (SSSR count). The van der Waals surface area contributed by atoms with E-state index in [2.05, 4.69) is 35.8 Å². The third-order valence-corrected chi connectivity index (χ3v) is 5.19. The van der Waals surface area contributed by atoms with E-state index < -0.39 is 5.60 Å². The highest BCUT2D eigenvalue weighted by Crippen LogP contribution is 2.34. The zero-order valence-corrected chi connectivity index (χ0v) is 18.0. The van der Waals surface area contributed by atoms with Gasteiger partial charge in [-0.25, -0.2) is 9.78 Å². The van der Waals surface area contributed by atoms with Gasteiger partial charge in [-0.15, -0.1) is 0 Å². The quantitative estimate of drug-likeness (QED) is 0.390. The molecule has 0 N–H and O–H groups in total. The Morgan fingerprint density at radius 3 is 2.64 bits per heavy atom. The monoisotopic (exact) mass is 449 g/mol. The van der Waals surface area contributed by atoms with Crippen molar-refractivity contribution in [3.63, 3.8) is 0 Å². The van der Waals surface area contributed by atoms with Crippen LogP contribution >= 0.6 is 15.9 Å². The van der Waals surface area contributed by atoms with Gasteiger partial charge in [0, 0.05) is 41.1 Å². The second-order valence-electron chi connectivity index (χ2n) is 7.76. The van der Waals surface area contributed by atoms with E-state index in [9.17, 15) is 4.79 Å². The average Bonchev–Trinajstić information content (AvgIpc) is 3.11. The maximum Gasteiger partial charge on any atom is 0.410 e. The van der Waals surface area contributed by atoms with Crippen LogP contribution < -0.4 is 4.90 Å². The summed E-state index contributed by atoms with van der Waals surface area (Å²) in [6.45, 7) is 9.85. The average molecular weight is 450 g/mol. The molecule has 1 fully saturated rings. The first kappa shape index (κ1) is 20.3. The molecule has 1 unspecified atom stereocenters. The standard InChI is InChI=1S/C18H24BrN7O2/c1-12(22-23-20)13-9-14(19)15-10-21-11-26(15)16(13)24-5-7-25(8-6-24)17(27)28-18(2,3)4/h9-12H,5-8H2,1-4H3. The number of halogens is 1. The normalized spacial score (nSPS) is 16.0. The summed E-state index contributed by atoms with van der Waals surface area (Å²) in [7, 11) is 0. The van der Waals surface area contributed by atoms with Crippen LogP contribution in [0.15, 0.2) is 28.2 Å². The molecule has 0 bridgehead atoms. The first-order chi connectivity index (χ1) is 13.2. The lowest BCUT2D eigenvalue weighted by atomic mass is 10.1. The summed E-state index contributed by atoms with van der Waals surface area (Å²) >= 11 is 3.58. The number of ether oxygens (including phenoxy) is 1. The van der Waals surface area contributed by atoms with E-state index in [1.165, 1.54) is 0 Å². The van der Waals surface area contributed by atoms with Crippen LogP contribution in [0.1, 0.15) is 39.3 Å². The van der Waals surface area contributed by atoms with Gasteiger partial charge in [-0.1, -0.05) is 12.0 Å². The number of hydrogen-bond acceptors (Lipinski definition) is 5. The van der Waals surface area contributed by atoms with Gasteiger partial charge in [0.05, 0.1) is 17.8 Å². The molecule has 1 aliphatic heterocycles. The van der Waals surface area contributed by atoms with E-state index in [0.717, 1.165) is 21.4 Å². The van der Waals surface area contributed by atoms with Crippen molar-refractivity contribution >= 4 is 33.4 Å². The summed E-state index contributed by atoms with van der Waals surface area (Å²) in [5.41, 5.74) is 10.2. The largest absolute Gasteiger partial charge is 0.444 e. The molecular formula is C18H24BrN7O2. The van der Waals surface area contributed by atoms with Crippen molar-refractivity contribution in [2.24, 2.45) is 5.11 Å². The number of azide groups is 1. The smallest absolute Gasteiger partial charge is 0.410 e. The molecule has 0 aromatic carbocycles. The van der Waals surface area contributed by atoms with Crippen molar-refractivity contribution in [3.8, 4) is 0 Å².